The molecule has 0 unspecified atom stereocenters. The van der Waals surface area contributed by atoms with Crippen molar-refractivity contribution in [2.45, 2.75) is 37.2 Å². The Hall–Kier alpha value is -2.58. The first kappa shape index (κ1) is 17.2. The zero-order valence-electron chi connectivity index (χ0n) is 14.3. The van der Waals surface area contributed by atoms with Gasteiger partial charge in [0.2, 0.25) is 0 Å². The van der Waals surface area contributed by atoms with E-state index in [4.69, 9.17) is 4.98 Å². The van der Waals surface area contributed by atoms with E-state index in [9.17, 15) is 10.1 Å². The molecule has 0 amide bonds. The highest BCUT2D eigenvalue weighted by atomic mass is 32.2. The van der Waals surface area contributed by atoms with Crippen LogP contribution in [0.15, 0.2) is 58.5 Å². The molecule has 1 atom stereocenters. The summed E-state index contributed by atoms with van der Waals surface area (Å²) in [7, 11) is 0. The van der Waals surface area contributed by atoms with Crippen LogP contribution in [0.1, 0.15) is 37.4 Å². The van der Waals surface area contributed by atoms with Crippen molar-refractivity contribution < 1.29 is 0 Å². The van der Waals surface area contributed by atoms with Gasteiger partial charge in [-0.3, -0.25) is 9.36 Å². The quantitative estimate of drug-likeness (QED) is 0.501. The van der Waals surface area contributed by atoms with Crippen molar-refractivity contribution in [3.8, 4) is 6.07 Å². The van der Waals surface area contributed by atoms with E-state index in [2.05, 4.69) is 13.0 Å². The van der Waals surface area contributed by atoms with E-state index in [1.165, 1.54) is 11.8 Å². The van der Waals surface area contributed by atoms with Crippen LogP contribution in [-0.2, 0) is 5.75 Å². The lowest BCUT2D eigenvalue weighted by Crippen LogP contribution is -2.26. The van der Waals surface area contributed by atoms with E-state index in [1.807, 2.05) is 55.5 Å². The number of nitriles is 1. The number of hydrogen-bond acceptors (Lipinski definition) is 4. The van der Waals surface area contributed by atoms with Crippen molar-refractivity contribution in [1.29, 1.82) is 5.26 Å². The first-order valence-corrected chi connectivity index (χ1v) is 9.26. The van der Waals surface area contributed by atoms with Crippen LogP contribution in [0, 0.1) is 11.3 Å². The molecule has 0 aliphatic heterocycles. The van der Waals surface area contributed by atoms with Gasteiger partial charge in [-0.2, -0.15) is 5.26 Å². The summed E-state index contributed by atoms with van der Waals surface area (Å²) in [6, 6.07) is 17.3. The van der Waals surface area contributed by atoms with Gasteiger partial charge in [0.05, 0.1) is 22.5 Å². The number of fused-ring (bicyclic) bond motifs is 1. The number of nitrogens with zero attached hydrogens (tertiary/aromatic N) is 3. The minimum absolute atomic E-state index is 0.00369. The van der Waals surface area contributed by atoms with Gasteiger partial charge < -0.3 is 0 Å². The van der Waals surface area contributed by atoms with Gasteiger partial charge in [-0.1, -0.05) is 49.0 Å². The fraction of sp³-hybridized carbons (Fsp3) is 0.250. The molecule has 4 nitrogen and oxygen atoms in total. The topological polar surface area (TPSA) is 58.7 Å². The fourth-order valence-corrected chi connectivity index (χ4v) is 3.80. The number of hydrogen-bond donors (Lipinski definition) is 0. The molecule has 0 saturated heterocycles. The minimum atomic E-state index is -0.00369. The average molecular weight is 349 g/mol. The molecule has 1 heterocycles. The van der Waals surface area contributed by atoms with E-state index >= 15 is 0 Å². The first-order chi connectivity index (χ1) is 12.2. The largest absolute Gasteiger partial charge is 0.284 e. The van der Waals surface area contributed by atoms with Crippen molar-refractivity contribution in [3.05, 3.63) is 70.0 Å². The molecule has 5 heteroatoms. The zero-order valence-corrected chi connectivity index (χ0v) is 15.1. The number of aromatic nitrogens is 2. The SMILES string of the molecule is CC[C@H](C)n1c(SCc2ccccc2C#N)nc2ccccc2c1=O. The summed E-state index contributed by atoms with van der Waals surface area (Å²) in [4.78, 5) is 17.7. The molecule has 0 bridgehead atoms. The summed E-state index contributed by atoms with van der Waals surface area (Å²) in [5.41, 5.74) is 2.32. The van der Waals surface area contributed by atoms with Crippen LogP contribution < -0.4 is 5.56 Å². The van der Waals surface area contributed by atoms with Gasteiger partial charge in [-0.15, -0.1) is 0 Å². The van der Waals surface area contributed by atoms with Crippen molar-refractivity contribution in [1.82, 2.24) is 9.55 Å². The highest BCUT2D eigenvalue weighted by molar-refractivity contribution is 7.98. The third-order valence-corrected chi connectivity index (χ3v) is 5.30. The van der Waals surface area contributed by atoms with Crippen molar-refractivity contribution in [3.63, 3.8) is 0 Å². The van der Waals surface area contributed by atoms with Crippen molar-refractivity contribution in [2.75, 3.05) is 0 Å². The number of para-hydroxylation sites is 1. The standard InChI is InChI=1S/C20H19N3OS/c1-3-14(2)23-19(24)17-10-6-7-11-18(17)22-20(23)25-13-16-9-5-4-8-15(16)12-21/h4-11,14H,3,13H2,1-2H3/t14-/m0/s1. The molecule has 0 aliphatic carbocycles. The summed E-state index contributed by atoms with van der Waals surface area (Å²) in [6.45, 7) is 4.09. The second-order valence-electron chi connectivity index (χ2n) is 5.90. The smallest absolute Gasteiger partial charge is 0.262 e. The third kappa shape index (κ3) is 3.45. The monoisotopic (exact) mass is 349 g/mol. The highest BCUT2D eigenvalue weighted by Gasteiger charge is 2.16. The predicted octanol–water partition coefficient (Wildman–Crippen LogP) is 4.53. The van der Waals surface area contributed by atoms with Gasteiger partial charge in [0.25, 0.3) is 5.56 Å². The number of benzene rings is 2. The summed E-state index contributed by atoms with van der Waals surface area (Å²) in [5, 5.41) is 10.6. The van der Waals surface area contributed by atoms with Crippen LogP contribution >= 0.6 is 11.8 Å². The lowest BCUT2D eigenvalue weighted by atomic mass is 10.1. The third-order valence-electron chi connectivity index (χ3n) is 4.30. The van der Waals surface area contributed by atoms with Gasteiger partial charge in [-0.25, -0.2) is 4.98 Å². The summed E-state index contributed by atoms with van der Waals surface area (Å²) in [6.07, 6.45) is 0.849. The van der Waals surface area contributed by atoms with Gasteiger partial charge in [0.15, 0.2) is 5.16 Å². The number of rotatable bonds is 5. The molecule has 2 aromatic carbocycles. The maximum absolute atomic E-state index is 12.9. The second kappa shape index (κ2) is 7.54. The summed E-state index contributed by atoms with van der Waals surface area (Å²) >= 11 is 1.50. The number of thioether (sulfide) groups is 1. The molecular weight excluding hydrogens is 330 g/mol. The normalized spacial score (nSPS) is 12.0. The maximum atomic E-state index is 12.9. The molecule has 0 aliphatic rings. The van der Waals surface area contributed by atoms with Crippen LogP contribution in [0.3, 0.4) is 0 Å². The molecule has 3 rings (SSSR count). The Labute approximate surface area is 151 Å². The highest BCUT2D eigenvalue weighted by Crippen LogP contribution is 2.26. The van der Waals surface area contributed by atoms with Gasteiger partial charge in [0, 0.05) is 11.8 Å². The first-order valence-electron chi connectivity index (χ1n) is 8.27. The summed E-state index contributed by atoms with van der Waals surface area (Å²) < 4.78 is 1.78. The molecule has 126 valence electrons. The van der Waals surface area contributed by atoms with Gasteiger partial charge in [0.1, 0.15) is 0 Å². The molecule has 0 saturated carbocycles. The second-order valence-corrected chi connectivity index (χ2v) is 6.84. The van der Waals surface area contributed by atoms with Crippen molar-refractivity contribution in [2.24, 2.45) is 0 Å². The summed E-state index contributed by atoms with van der Waals surface area (Å²) in [5.74, 6) is 0.602. The molecule has 1 aromatic heterocycles. The average Bonchev–Trinajstić information content (AvgIpc) is 2.66. The lowest BCUT2D eigenvalue weighted by Gasteiger charge is -2.18. The zero-order chi connectivity index (χ0) is 17.8. The van der Waals surface area contributed by atoms with E-state index in [0.717, 1.165) is 12.0 Å². The van der Waals surface area contributed by atoms with E-state index in [-0.39, 0.29) is 11.6 Å². The predicted molar refractivity (Wildman–Crippen MR) is 102 cm³/mol. The minimum Gasteiger partial charge on any atom is -0.284 e. The molecule has 3 aromatic rings. The Bertz CT molecular complexity index is 1000. The fourth-order valence-electron chi connectivity index (χ4n) is 2.70. The van der Waals surface area contributed by atoms with Crippen LogP contribution in [-0.4, -0.2) is 9.55 Å². The Morgan fingerprint density at radius 2 is 1.92 bits per heavy atom. The van der Waals surface area contributed by atoms with Crippen LogP contribution in [0.4, 0.5) is 0 Å². The Kier molecular flexibility index (Phi) is 5.20. The lowest BCUT2D eigenvalue weighted by molar-refractivity contribution is 0.468. The maximum Gasteiger partial charge on any atom is 0.262 e. The molecule has 0 radical (unpaired) electrons. The molecule has 0 fully saturated rings. The van der Waals surface area contributed by atoms with E-state index < -0.39 is 0 Å². The van der Waals surface area contributed by atoms with Gasteiger partial charge in [-0.05, 0) is 37.1 Å². The molecular formula is C20H19N3OS. The Morgan fingerprint density at radius 1 is 1.20 bits per heavy atom. The van der Waals surface area contributed by atoms with E-state index in [1.54, 1.807) is 4.57 Å². The van der Waals surface area contributed by atoms with E-state index in [0.29, 0.717) is 27.4 Å². The van der Waals surface area contributed by atoms with Crippen LogP contribution in [0.25, 0.3) is 10.9 Å². The van der Waals surface area contributed by atoms with Crippen LogP contribution in [0.2, 0.25) is 0 Å². The van der Waals surface area contributed by atoms with Gasteiger partial charge >= 0.3 is 0 Å². The molecule has 25 heavy (non-hydrogen) atoms. The Morgan fingerprint density at radius 3 is 2.68 bits per heavy atom. The molecule has 0 N–H and O–H groups in total. The van der Waals surface area contributed by atoms with Crippen LogP contribution in [0.5, 0.6) is 0 Å². The van der Waals surface area contributed by atoms with Crippen molar-refractivity contribution >= 4 is 22.7 Å². The Balaban J connectivity index is 2.05. The molecule has 0 spiro atoms.